The minimum Gasteiger partial charge on any atom is -0.465 e. The number of esters is 1. The van der Waals surface area contributed by atoms with Crippen molar-refractivity contribution >= 4 is 35.0 Å². The molecule has 1 aliphatic rings. The first-order chi connectivity index (χ1) is 13.6. The number of hydrogen-bond donors (Lipinski definition) is 0. The van der Waals surface area contributed by atoms with Crippen LogP contribution in [0.3, 0.4) is 0 Å². The minimum atomic E-state index is -0.714. The summed E-state index contributed by atoms with van der Waals surface area (Å²) in [7, 11) is 0. The van der Waals surface area contributed by atoms with E-state index in [4.69, 9.17) is 21.3 Å². The molecular weight excluding hydrogens is 392 g/mol. The van der Waals surface area contributed by atoms with E-state index >= 15 is 0 Å². The van der Waals surface area contributed by atoms with Crippen LogP contribution in [0.5, 0.6) is 0 Å². The highest BCUT2D eigenvalue weighted by Crippen LogP contribution is 2.43. The molecule has 2 atom stereocenters. The smallest absolute Gasteiger partial charge is 0.316 e. The number of carbonyl (C=O) groups is 1. The molecule has 1 aliphatic heterocycles. The SMILES string of the molecule is CCOC(=O)C1C(c2ccccc2)=NC(SC)=C(C#N)[C@@H]1c1ccc(Cl)cc1. The van der Waals surface area contributed by atoms with Gasteiger partial charge in [0.15, 0.2) is 0 Å². The van der Waals surface area contributed by atoms with Crippen LogP contribution >= 0.6 is 23.4 Å². The van der Waals surface area contributed by atoms with Gasteiger partial charge in [-0.1, -0.05) is 54.1 Å². The number of benzene rings is 2. The van der Waals surface area contributed by atoms with E-state index in [9.17, 15) is 10.1 Å². The molecule has 142 valence electrons. The number of nitrogens with zero attached hydrogens (tertiary/aromatic N) is 2. The number of carbonyl (C=O) groups excluding carboxylic acids is 1. The maximum Gasteiger partial charge on any atom is 0.316 e. The zero-order chi connectivity index (χ0) is 20.1. The predicted molar refractivity (Wildman–Crippen MR) is 113 cm³/mol. The van der Waals surface area contributed by atoms with E-state index in [2.05, 4.69) is 6.07 Å². The molecule has 0 aromatic heterocycles. The molecular formula is C22H19ClN2O2S. The Hall–Kier alpha value is -2.55. The van der Waals surface area contributed by atoms with Gasteiger partial charge in [0.25, 0.3) is 0 Å². The number of nitriles is 1. The van der Waals surface area contributed by atoms with Gasteiger partial charge in [-0.25, -0.2) is 4.99 Å². The van der Waals surface area contributed by atoms with Gasteiger partial charge in [-0.3, -0.25) is 4.79 Å². The molecule has 0 saturated heterocycles. The maximum absolute atomic E-state index is 13.0. The van der Waals surface area contributed by atoms with Crippen molar-refractivity contribution in [2.45, 2.75) is 12.8 Å². The molecule has 0 saturated carbocycles. The number of ether oxygens (including phenoxy) is 1. The lowest BCUT2D eigenvalue weighted by molar-refractivity contribution is -0.145. The van der Waals surface area contributed by atoms with Gasteiger partial charge in [0.1, 0.15) is 10.9 Å². The molecule has 2 aromatic rings. The van der Waals surface area contributed by atoms with Gasteiger partial charge < -0.3 is 4.74 Å². The molecule has 0 aliphatic carbocycles. The standard InChI is InChI=1S/C22H19ClN2O2S/c1-3-27-22(26)19-18(14-9-11-16(23)12-10-14)17(13-24)21(28-2)25-20(19)15-7-5-4-6-8-15/h4-12,18-19H,3H2,1-2H3/t18-,19?/m0/s1. The Morgan fingerprint density at radius 2 is 1.89 bits per heavy atom. The van der Waals surface area contributed by atoms with E-state index in [0.717, 1.165) is 11.1 Å². The highest BCUT2D eigenvalue weighted by Gasteiger charge is 2.42. The lowest BCUT2D eigenvalue weighted by Gasteiger charge is -2.31. The fraction of sp³-hybridized carbons (Fsp3) is 0.227. The molecule has 1 unspecified atom stereocenters. The number of rotatable bonds is 5. The molecule has 0 bridgehead atoms. The van der Waals surface area contributed by atoms with Gasteiger partial charge in [0.2, 0.25) is 0 Å². The van der Waals surface area contributed by atoms with E-state index in [1.54, 1.807) is 19.1 Å². The van der Waals surface area contributed by atoms with Crippen LogP contribution in [0.2, 0.25) is 5.02 Å². The second-order valence-corrected chi connectivity index (χ2v) is 7.39. The summed E-state index contributed by atoms with van der Waals surface area (Å²) in [6.45, 7) is 2.03. The van der Waals surface area contributed by atoms with E-state index < -0.39 is 17.8 Å². The molecule has 1 heterocycles. The average Bonchev–Trinajstić information content (AvgIpc) is 2.73. The second-order valence-electron chi connectivity index (χ2n) is 6.16. The summed E-state index contributed by atoms with van der Waals surface area (Å²) in [5.41, 5.74) is 2.74. The summed E-state index contributed by atoms with van der Waals surface area (Å²) in [5.74, 6) is -1.59. The highest BCUT2D eigenvalue weighted by atomic mass is 35.5. The first-order valence-electron chi connectivity index (χ1n) is 8.85. The zero-order valence-corrected chi connectivity index (χ0v) is 17.1. The number of hydrogen-bond acceptors (Lipinski definition) is 5. The van der Waals surface area contributed by atoms with Gasteiger partial charge in [0, 0.05) is 10.9 Å². The molecule has 2 aromatic carbocycles. The zero-order valence-electron chi connectivity index (χ0n) is 15.6. The number of thioether (sulfide) groups is 1. The molecule has 4 nitrogen and oxygen atoms in total. The van der Waals surface area contributed by atoms with Crippen LogP contribution in [0.25, 0.3) is 0 Å². The number of aliphatic imine (C=N–C) groups is 1. The third-order valence-electron chi connectivity index (χ3n) is 4.54. The minimum absolute atomic E-state index is 0.256. The Kier molecular flexibility index (Phi) is 6.56. The summed E-state index contributed by atoms with van der Waals surface area (Å²) in [6.07, 6.45) is 1.88. The Morgan fingerprint density at radius 3 is 2.46 bits per heavy atom. The van der Waals surface area contributed by atoms with E-state index in [0.29, 0.717) is 21.3 Å². The molecule has 0 amide bonds. The second kappa shape index (κ2) is 9.09. The summed E-state index contributed by atoms with van der Waals surface area (Å²) in [4.78, 5) is 17.7. The normalized spacial score (nSPS) is 19.0. The fourth-order valence-corrected chi connectivity index (χ4v) is 4.04. The van der Waals surface area contributed by atoms with E-state index in [1.165, 1.54) is 11.8 Å². The van der Waals surface area contributed by atoms with Crippen LogP contribution < -0.4 is 0 Å². The Labute approximate surface area is 173 Å². The number of allylic oxidation sites excluding steroid dienone is 1. The molecule has 0 spiro atoms. The molecule has 3 rings (SSSR count). The van der Waals surface area contributed by atoms with Crippen LogP contribution in [0.1, 0.15) is 24.0 Å². The fourth-order valence-electron chi connectivity index (χ4n) is 3.33. The first-order valence-corrected chi connectivity index (χ1v) is 10.4. The summed E-state index contributed by atoms with van der Waals surface area (Å²) in [6, 6.07) is 19.1. The third-order valence-corrected chi connectivity index (χ3v) is 5.49. The molecule has 28 heavy (non-hydrogen) atoms. The molecule has 0 N–H and O–H groups in total. The van der Waals surface area contributed by atoms with Gasteiger partial charge in [-0.15, -0.1) is 11.8 Å². The van der Waals surface area contributed by atoms with Crippen LogP contribution in [-0.4, -0.2) is 24.5 Å². The first kappa shape index (κ1) is 20.2. The Balaban J connectivity index is 2.25. The maximum atomic E-state index is 13.0. The van der Waals surface area contributed by atoms with Crippen molar-refractivity contribution in [3.63, 3.8) is 0 Å². The number of halogens is 1. The highest BCUT2D eigenvalue weighted by molar-refractivity contribution is 8.02. The van der Waals surface area contributed by atoms with Crippen molar-refractivity contribution in [2.24, 2.45) is 10.9 Å². The average molecular weight is 411 g/mol. The Bertz CT molecular complexity index is 962. The van der Waals surface area contributed by atoms with E-state index in [-0.39, 0.29) is 6.61 Å². The lowest BCUT2D eigenvalue weighted by atomic mass is 9.75. The van der Waals surface area contributed by atoms with E-state index in [1.807, 2.05) is 48.7 Å². The van der Waals surface area contributed by atoms with Crippen molar-refractivity contribution in [1.82, 2.24) is 0 Å². The van der Waals surface area contributed by atoms with Crippen molar-refractivity contribution in [3.8, 4) is 6.07 Å². The summed E-state index contributed by atoms with van der Waals surface area (Å²) < 4.78 is 5.39. The molecule has 0 fully saturated rings. The quantitative estimate of drug-likeness (QED) is 0.635. The lowest BCUT2D eigenvalue weighted by Crippen LogP contribution is -2.36. The predicted octanol–water partition coefficient (Wildman–Crippen LogP) is 5.20. The van der Waals surface area contributed by atoms with Gasteiger partial charge >= 0.3 is 5.97 Å². The summed E-state index contributed by atoms with van der Waals surface area (Å²) >= 11 is 7.45. The van der Waals surface area contributed by atoms with Gasteiger partial charge in [-0.2, -0.15) is 5.26 Å². The van der Waals surface area contributed by atoms with Crippen molar-refractivity contribution in [1.29, 1.82) is 5.26 Å². The third kappa shape index (κ3) is 3.99. The monoisotopic (exact) mass is 410 g/mol. The van der Waals surface area contributed by atoms with Crippen LogP contribution in [0, 0.1) is 17.2 Å². The Morgan fingerprint density at radius 1 is 1.21 bits per heavy atom. The van der Waals surface area contributed by atoms with Crippen LogP contribution in [0.4, 0.5) is 0 Å². The summed E-state index contributed by atoms with van der Waals surface area (Å²) in [5, 5.41) is 11.1. The van der Waals surface area contributed by atoms with Crippen molar-refractivity contribution in [2.75, 3.05) is 12.9 Å². The van der Waals surface area contributed by atoms with Crippen molar-refractivity contribution < 1.29 is 9.53 Å². The van der Waals surface area contributed by atoms with Crippen LogP contribution in [-0.2, 0) is 9.53 Å². The van der Waals surface area contributed by atoms with Gasteiger partial charge in [0.05, 0.1) is 24.0 Å². The van der Waals surface area contributed by atoms with Crippen LogP contribution in [0.15, 0.2) is 70.2 Å². The largest absolute Gasteiger partial charge is 0.465 e. The molecule has 6 heteroatoms. The molecule has 0 radical (unpaired) electrons. The van der Waals surface area contributed by atoms with Crippen molar-refractivity contribution in [3.05, 3.63) is 81.3 Å². The van der Waals surface area contributed by atoms with Gasteiger partial charge in [-0.05, 0) is 36.4 Å². The topological polar surface area (TPSA) is 62.4 Å².